The Balaban J connectivity index is 3.05. The molecule has 220 valence electrons. The molecule has 0 fully saturated rings. The summed E-state index contributed by atoms with van der Waals surface area (Å²) in [5.74, 6) is 0.953. The van der Waals surface area contributed by atoms with Gasteiger partial charge in [0.25, 0.3) is 0 Å². The minimum Gasteiger partial charge on any atom is -0.496 e. The molecule has 1 N–H and O–H groups in total. The van der Waals surface area contributed by atoms with E-state index in [1.165, 1.54) is 22.0 Å². The molecule has 0 saturated heterocycles. The zero-order valence-corrected chi connectivity index (χ0v) is 29.4. The zero-order chi connectivity index (χ0) is 30.4. The number of rotatable bonds is 6. The van der Waals surface area contributed by atoms with Gasteiger partial charge in [-0.15, -0.1) is 0 Å². The van der Waals surface area contributed by atoms with E-state index in [1.54, 1.807) is 7.11 Å². The Kier molecular flexibility index (Phi) is 10.1. The number of benzene rings is 2. The molecule has 5 heteroatoms. The number of methoxy groups -OCH3 is 1. The van der Waals surface area contributed by atoms with Gasteiger partial charge >= 0.3 is 0 Å². The highest BCUT2D eigenvalue weighted by Crippen LogP contribution is 2.59. The van der Waals surface area contributed by atoms with Crippen LogP contribution in [-0.2, 0) is 21.8 Å². The predicted molar refractivity (Wildman–Crippen MR) is 176 cm³/mol. The van der Waals surface area contributed by atoms with Gasteiger partial charge in [0.05, 0.1) is 28.9 Å². The molecular weight excluding hydrogens is 517 g/mol. The van der Waals surface area contributed by atoms with Crippen LogP contribution in [0.25, 0.3) is 0 Å². The lowest BCUT2D eigenvalue weighted by Crippen LogP contribution is -2.39. The summed E-state index contributed by atoms with van der Waals surface area (Å²) in [5.41, 5.74) is 4.44. The van der Waals surface area contributed by atoms with Gasteiger partial charge in [0.1, 0.15) is 5.75 Å². The second kappa shape index (κ2) is 11.6. The second-order valence-corrected chi connectivity index (χ2v) is 21.7. The SMILES string of the molecule is COc1c(C(C)(C)C)cc([C@H](N[S@](=O)C(C)(C)C)c2ccccc2P(C(C)(C)C)C(C)(C)C)cc1C(C)(C)C. The van der Waals surface area contributed by atoms with Gasteiger partial charge in [0, 0.05) is 11.1 Å². The number of hydrogen-bond donors (Lipinski definition) is 1. The van der Waals surface area contributed by atoms with Crippen molar-refractivity contribution in [3.63, 3.8) is 0 Å². The second-order valence-electron chi connectivity index (χ2n) is 15.8. The van der Waals surface area contributed by atoms with Crippen LogP contribution in [-0.4, -0.2) is 26.4 Å². The molecule has 2 atom stereocenters. The van der Waals surface area contributed by atoms with Gasteiger partial charge in [-0.3, -0.25) is 0 Å². The molecule has 0 aliphatic heterocycles. The molecule has 0 bridgehead atoms. The van der Waals surface area contributed by atoms with E-state index in [2.05, 4.69) is 124 Å². The molecule has 0 aliphatic carbocycles. The molecule has 0 spiro atoms. The first-order chi connectivity index (χ1) is 17.4. The van der Waals surface area contributed by atoms with Crippen molar-refractivity contribution in [2.75, 3.05) is 7.11 Å². The molecule has 0 unspecified atom stereocenters. The fourth-order valence-electron chi connectivity index (χ4n) is 5.41. The summed E-state index contributed by atoms with van der Waals surface area (Å²) < 4.78 is 23.1. The Morgan fingerprint density at radius 2 is 1.18 bits per heavy atom. The molecule has 3 nitrogen and oxygen atoms in total. The largest absolute Gasteiger partial charge is 0.496 e. The smallest absolute Gasteiger partial charge is 0.126 e. The van der Waals surface area contributed by atoms with E-state index in [0.29, 0.717) is 0 Å². The zero-order valence-electron chi connectivity index (χ0n) is 27.7. The molecule has 0 aromatic heterocycles. The first kappa shape index (κ1) is 34.0. The third-order valence-corrected chi connectivity index (χ3v) is 12.0. The molecule has 2 aromatic carbocycles. The highest BCUT2D eigenvalue weighted by Gasteiger charge is 2.39. The Labute approximate surface area is 244 Å². The third kappa shape index (κ3) is 8.17. The fourth-order valence-corrected chi connectivity index (χ4v) is 10.4. The Morgan fingerprint density at radius 3 is 1.54 bits per heavy atom. The van der Waals surface area contributed by atoms with Crippen molar-refractivity contribution in [3.8, 4) is 5.75 Å². The predicted octanol–water partition coefficient (Wildman–Crippen LogP) is 9.14. The van der Waals surface area contributed by atoms with Crippen LogP contribution in [0.3, 0.4) is 0 Å². The van der Waals surface area contributed by atoms with E-state index in [4.69, 9.17) is 4.74 Å². The number of ether oxygens (including phenoxy) is 1. The summed E-state index contributed by atoms with van der Waals surface area (Å²) in [7, 11) is -0.0601. The average Bonchev–Trinajstić information content (AvgIpc) is 2.73. The van der Waals surface area contributed by atoms with Gasteiger partial charge < -0.3 is 4.74 Å². The third-order valence-electron chi connectivity index (χ3n) is 6.88. The van der Waals surface area contributed by atoms with Crippen molar-refractivity contribution >= 4 is 24.2 Å². The van der Waals surface area contributed by atoms with Gasteiger partial charge in [-0.25, -0.2) is 8.93 Å². The lowest BCUT2D eigenvalue weighted by molar-refractivity contribution is 0.381. The van der Waals surface area contributed by atoms with Crippen molar-refractivity contribution in [1.82, 2.24) is 4.72 Å². The fraction of sp³-hybridized carbons (Fsp3) is 0.647. The van der Waals surface area contributed by atoms with Crippen molar-refractivity contribution < 1.29 is 8.95 Å². The van der Waals surface area contributed by atoms with E-state index in [9.17, 15) is 4.21 Å². The summed E-state index contributed by atoms with van der Waals surface area (Å²) in [6.45, 7) is 33.7. The molecule has 0 amide bonds. The Bertz CT molecular complexity index is 1120. The molecule has 0 heterocycles. The number of nitrogens with one attached hydrogen (secondary N) is 1. The standard InChI is InChI=1S/C34H56NO2PS/c1-30(2,3)25-21-23(22-26(29(25)37-16)31(4,5)6)28(35-39(36)34(13,14)15)24-19-17-18-20-27(24)38(32(7,8)9)33(10,11)12/h17-22,28,35H,1-16H3/t28-,39+/m0/s1. The van der Waals surface area contributed by atoms with Crippen LogP contribution >= 0.6 is 7.92 Å². The van der Waals surface area contributed by atoms with Crippen molar-refractivity contribution in [3.05, 3.63) is 58.7 Å². The van der Waals surface area contributed by atoms with Gasteiger partial charge in [-0.1, -0.05) is 115 Å². The van der Waals surface area contributed by atoms with Crippen LogP contribution in [0.2, 0.25) is 0 Å². The van der Waals surface area contributed by atoms with Crippen LogP contribution in [0, 0.1) is 0 Å². The molecule has 0 aliphatic rings. The summed E-state index contributed by atoms with van der Waals surface area (Å²) in [5, 5.41) is 1.58. The highest BCUT2D eigenvalue weighted by atomic mass is 32.2. The normalized spacial score (nSPS) is 15.4. The van der Waals surface area contributed by atoms with Crippen LogP contribution in [0.1, 0.15) is 132 Å². The average molecular weight is 574 g/mol. The minimum atomic E-state index is -1.27. The van der Waals surface area contributed by atoms with E-state index in [1.807, 2.05) is 20.8 Å². The number of hydrogen-bond acceptors (Lipinski definition) is 2. The van der Waals surface area contributed by atoms with Crippen LogP contribution in [0.15, 0.2) is 36.4 Å². The molecule has 2 aromatic rings. The van der Waals surface area contributed by atoms with Gasteiger partial charge in [0.2, 0.25) is 0 Å². The maximum atomic E-state index is 13.8. The molecule has 0 radical (unpaired) electrons. The first-order valence-electron chi connectivity index (χ1n) is 14.2. The lowest BCUT2D eigenvalue weighted by Gasteiger charge is -2.43. The monoisotopic (exact) mass is 573 g/mol. The Hall–Kier alpha value is -1.22. The topological polar surface area (TPSA) is 38.3 Å². The Morgan fingerprint density at radius 1 is 0.744 bits per heavy atom. The quantitative estimate of drug-likeness (QED) is 0.350. The minimum absolute atomic E-state index is 0.102. The maximum Gasteiger partial charge on any atom is 0.126 e. The summed E-state index contributed by atoms with van der Waals surface area (Å²) in [6.07, 6.45) is 0. The maximum absolute atomic E-state index is 13.8. The summed E-state index contributed by atoms with van der Waals surface area (Å²) >= 11 is 0. The van der Waals surface area contributed by atoms with Crippen molar-refractivity contribution in [2.45, 2.75) is 136 Å². The van der Waals surface area contributed by atoms with Crippen LogP contribution in [0.5, 0.6) is 5.75 Å². The molecule has 2 rings (SSSR count). The van der Waals surface area contributed by atoms with Gasteiger partial charge in [-0.05, 0) is 70.5 Å². The van der Waals surface area contributed by atoms with Gasteiger partial charge in [0.15, 0.2) is 0 Å². The van der Waals surface area contributed by atoms with E-state index in [-0.39, 0.29) is 27.2 Å². The van der Waals surface area contributed by atoms with E-state index >= 15 is 0 Å². The lowest BCUT2D eigenvalue weighted by atomic mass is 9.77. The summed E-state index contributed by atoms with van der Waals surface area (Å²) in [4.78, 5) is 0. The first-order valence-corrected chi connectivity index (χ1v) is 16.7. The van der Waals surface area contributed by atoms with E-state index < -0.39 is 23.7 Å². The molecule has 0 saturated carbocycles. The van der Waals surface area contributed by atoms with Crippen molar-refractivity contribution in [1.29, 1.82) is 0 Å². The van der Waals surface area contributed by atoms with E-state index in [0.717, 1.165) is 11.3 Å². The van der Waals surface area contributed by atoms with Crippen LogP contribution < -0.4 is 14.8 Å². The van der Waals surface area contributed by atoms with Gasteiger partial charge in [-0.2, -0.15) is 0 Å². The summed E-state index contributed by atoms with van der Waals surface area (Å²) in [6, 6.07) is 13.2. The molecular formula is C34H56NO2PS. The van der Waals surface area contributed by atoms with Crippen molar-refractivity contribution in [2.24, 2.45) is 0 Å². The highest BCUT2D eigenvalue weighted by molar-refractivity contribution is 7.84. The van der Waals surface area contributed by atoms with Crippen LogP contribution in [0.4, 0.5) is 0 Å². The molecule has 39 heavy (non-hydrogen) atoms.